The number of nitrogens with zero attached hydrogens (tertiary/aromatic N) is 3. The second-order valence-corrected chi connectivity index (χ2v) is 7.77. The number of aromatic nitrogens is 1. The van der Waals surface area contributed by atoms with Gasteiger partial charge in [-0.3, -0.25) is 9.69 Å². The van der Waals surface area contributed by atoms with Gasteiger partial charge < -0.3 is 20.0 Å². The van der Waals surface area contributed by atoms with E-state index in [-0.39, 0.29) is 30.0 Å². The number of fused-ring (bicyclic) bond motifs is 2. The van der Waals surface area contributed by atoms with Crippen LogP contribution in [0.2, 0.25) is 0 Å². The van der Waals surface area contributed by atoms with Gasteiger partial charge in [0.2, 0.25) is 0 Å². The monoisotopic (exact) mass is 449 g/mol. The Morgan fingerprint density at radius 1 is 1.15 bits per heavy atom. The molecule has 2 aromatic heterocycles. The van der Waals surface area contributed by atoms with Crippen LogP contribution in [0.15, 0.2) is 53.1 Å². The van der Waals surface area contributed by atoms with Gasteiger partial charge in [0, 0.05) is 59.6 Å². The molecule has 1 amide bonds. The minimum Gasteiger partial charge on any atom is -0.451 e. The number of rotatable bonds is 7. The molecule has 168 valence electrons. The van der Waals surface area contributed by atoms with Crippen LogP contribution in [0.1, 0.15) is 45.5 Å². The van der Waals surface area contributed by atoms with Crippen LogP contribution in [0.5, 0.6) is 0 Å². The van der Waals surface area contributed by atoms with Gasteiger partial charge in [0.25, 0.3) is 5.91 Å². The Bertz CT molecular complexity index is 1660. The van der Waals surface area contributed by atoms with Gasteiger partial charge in [-0.2, -0.15) is 5.26 Å². The first-order chi connectivity index (χ1) is 19.1. The van der Waals surface area contributed by atoms with Crippen molar-refractivity contribution in [1.29, 1.82) is 5.26 Å². The van der Waals surface area contributed by atoms with Crippen LogP contribution in [0, 0.1) is 11.3 Å². The fourth-order valence-corrected chi connectivity index (χ4v) is 3.85. The van der Waals surface area contributed by atoms with E-state index in [1.807, 2.05) is 12.3 Å². The fraction of sp³-hybridized carbons (Fsp3) is 0.308. The Morgan fingerprint density at radius 3 is 2.79 bits per heavy atom. The summed E-state index contributed by atoms with van der Waals surface area (Å²) in [5, 5.41) is 10.4. The number of hydrogen-bond acceptors (Lipinski definition) is 5. The molecule has 0 radical (unpaired) electrons. The molecular weight excluding hydrogens is 414 g/mol. The van der Waals surface area contributed by atoms with E-state index in [0.717, 1.165) is 16.5 Å². The molecule has 3 N–H and O–H groups in total. The van der Waals surface area contributed by atoms with Gasteiger partial charge >= 0.3 is 0 Å². The lowest BCUT2D eigenvalue weighted by atomic mass is 10.1. The zero-order valence-corrected chi connectivity index (χ0v) is 17.7. The maximum atomic E-state index is 11.5. The standard InChI is InChI=1S/C26H27N5O2/c27-16-18-4-6-23-22(13-18)19(17-29-23)3-1-2-8-30-9-11-31(12-10-30)21-5-7-24-20(14-21)15-25(33-24)26(28)32/h4-7,13-15,17,29H,1-3,8-12H2,(H2,28,32)/i9D2,10D2,11D2,12D2. The smallest absolute Gasteiger partial charge is 0.284 e. The number of unbranched alkanes of at least 4 members (excludes halogenated alkanes) is 1. The first-order valence-corrected chi connectivity index (χ1v) is 10.5. The number of carbonyl (C=O) groups is 1. The number of benzene rings is 2. The maximum absolute atomic E-state index is 11.5. The second-order valence-electron chi connectivity index (χ2n) is 7.77. The van der Waals surface area contributed by atoms with Gasteiger partial charge in [-0.25, -0.2) is 0 Å². The molecular formula is C26H27N5O2. The Labute approximate surface area is 203 Å². The normalized spacial score (nSPS) is 24.4. The highest BCUT2D eigenvalue weighted by Crippen LogP contribution is 2.26. The lowest BCUT2D eigenvalue weighted by Crippen LogP contribution is -2.46. The zero-order valence-electron chi connectivity index (χ0n) is 25.7. The number of carbonyl (C=O) groups excluding carboxylic acids is 1. The largest absolute Gasteiger partial charge is 0.451 e. The van der Waals surface area contributed by atoms with Gasteiger partial charge in [-0.15, -0.1) is 0 Å². The molecule has 2 aromatic carbocycles. The Hall–Kier alpha value is -3.76. The van der Waals surface area contributed by atoms with Crippen LogP contribution in [-0.2, 0) is 6.42 Å². The average molecular weight is 450 g/mol. The predicted octanol–water partition coefficient (Wildman–Crippen LogP) is 4.03. The van der Waals surface area contributed by atoms with Crippen LogP contribution >= 0.6 is 0 Å². The zero-order chi connectivity index (χ0) is 30.0. The molecule has 1 aliphatic rings. The van der Waals surface area contributed by atoms with E-state index in [4.69, 9.17) is 21.1 Å². The molecule has 4 aromatic rings. The third-order valence-corrected chi connectivity index (χ3v) is 5.57. The number of nitrogens with two attached hydrogens (primary N) is 1. The van der Waals surface area contributed by atoms with Crippen molar-refractivity contribution in [3.63, 3.8) is 0 Å². The van der Waals surface area contributed by atoms with Crippen molar-refractivity contribution in [2.75, 3.05) is 37.4 Å². The van der Waals surface area contributed by atoms with Gasteiger partial charge in [0.15, 0.2) is 5.76 Å². The topological polar surface area (TPSA) is 102 Å². The third-order valence-electron chi connectivity index (χ3n) is 5.57. The number of aryl methyl sites for hydroxylation is 1. The number of hydrogen-bond donors (Lipinski definition) is 2. The summed E-state index contributed by atoms with van der Waals surface area (Å²) in [4.78, 5) is 15.8. The lowest BCUT2D eigenvalue weighted by Gasteiger charge is -2.36. The van der Waals surface area contributed by atoms with Crippen LogP contribution in [0.4, 0.5) is 5.69 Å². The summed E-state index contributed by atoms with van der Waals surface area (Å²) in [6, 6.07) is 12.7. The van der Waals surface area contributed by atoms with Gasteiger partial charge in [0.1, 0.15) is 5.58 Å². The number of nitrogens with one attached hydrogen (secondary N) is 1. The number of aromatic amines is 1. The molecule has 1 fully saturated rings. The lowest BCUT2D eigenvalue weighted by molar-refractivity contribution is 0.0976. The van der Waals surface area contributed by atoms with Crippen LogP contribution < -0.4 is 10.6 Å². The average Bonchev–Trinajstić information content (AvgIpc) is 3.51. The number of amides is 1. The van der Waals surface area contributed by atoms with Crippen LogP contribution in [0.25, 0.3) is 21.9 Å². The number of piperazine rings is 1. The van der Waals surface area contributed by atoms with Crippen molar-refractivity contribution in [3.8, 4) is 6.07 Å². The third kappa shape index (κ3) is 4.43. The van der Waals surface area contributed by atoms with Crippen molar-refractivity contribution in [1.82, 2.24) is 9.88 Å². The van der Waals surface area contributed by atoms with Crippen LogP contribution in [0.3, 0.4) is 0 Å². The first-order valence-electron chi connectivity index (χ1n) is 14.5. The molecule has 7 heteroatoms. The molecule has 1 aliphatic heterocycles. The van der Waals surface area contributed by atoms with Crippen molar-refractivity contribution in [2.45, 2.75) is 19.3 Å². The van der Waals surface area contributed by atoms with Crippen molar-refractivity contribution < 1.29 is 20.2 Å². The predicted molar refractivity (Wildman–Crippen MR) is 129 cm³/mol. The fourth-order valence-electron chi connectivity index (χ4n) is 3.85. The Kier molecular flexibility index (Phi) is 3.74. The van der Waals surface area contributed by atoms with Gasteiger partial charge in [-0.05, 0) is 73.8 Å². The molecule has 0 bridgehead atoms. The van der Waals surface area contributed by atoms with Crippen molar-refractivity contribution in [3.05, 3.63) is 65.5 Å². The Balaban J connectivity index is 1.40. The molecule has 0 unspecified atom stereocenters. The van der Waals surface area contributed by atoms with E-state index in [1.54, 1.807) is 12.1 Å². The maximum Gasteiger partial charge on any atom is 0.284 e. The summed E-state index contributed by atoms with van der Waals surface area (Å²) >= 11 is 0. The molecule has 5 rings (SSSR count). The van der Waals surface area contributed by atoms with Crippen molar-refractivity contribution >= 4 is 33.5 Å². The summed E-state index contributed by atoms with van der Waals surface area (Å²) in [6.07, 6.45) is 3.11. The quantitative estimate of drug-likeness (QED) is 0.415. The van der Waals surface area contributed by atoms with Crippen molar-refractivity contribution in [2.24, 2.45) is 5.73 Å². The molecule has 7 nitrogen and oxygen atoms in total. The second kappa shape index (κ2) is 9.00. The molecule has 0 atom stereocenters. The molecule has 0 saturated carbocycles. The van der Waals surface area contributed by atoms with E-state index in [0.29, 0.717) is 33.6 Å². The molecule has 0 spiro atoms. The van der Waals surface area contributed by atoms with E-state index >= 15 is 0 Å². The van der Waals surface area contributed by atoms with Gasteiger partial charge in [0.05, 0.1) is 17.1 Å². The number of primary amides is 1. The number of anilines is 1. The molecule has 33 heavy (non-hydrogen) atoms. The molecule has 1 saturated heterocycles. The number of furan rings is 1. The van der Waals surface area contributed by atoms with E-state index in [2.05, 4.69) is 11.1 Å². The van der Waals surface area contributed by atoms with Crippen LogP contribution in [-0.4, -0.2) is 48.3 Å². The SMILES string of the molecule is [2H]C1([2H])N(CCCCc2c[nH]c3ccc(C#N)cc23)C([2H])([2H])C([2H])([2H])N(c2ccc3oc(C(N)=O)cc3c2)C1([2H])[2H]. The summed E-state index contributed by atoms with van der Waals surface area (Å²) < 4.78 is 75.1. The first kappa shape index (κ1) is 13.7. The summed E-state index contributed by atoms with van der Waals surface area (Å²) in [6.45, 7) is -12.2. The van der Waals surface area contributed by atoms with E-state index < -0.39 is 31.9 Å². The molecule has 0 aliphatic carbocycles. The minimum absolute atomic E-state index is 0.132. The molecule has 3 heterocycles. The summed E-state index contributed by atoms with van der Waals surface area (Å²) in [7, 11) is 0. The van der Waals surface area contributed by atoms with E-state index in [1.165, 1.54) is 24.3 Å². The number of H-pyrrole nitrogens is 1. The highest BCUT2D eigenvalue weighted by Gasteiger charge is 2.18. The number of nitriles is 1. The van der Waals surface area contributed by atoms with Gasteiger partial charge in [-0.1, -0.05) is 0 Å². The summed E-state index contributed by atoms with van der Waals surface area (Å²) in [5.41, 5.74) is 7.68. The highest BCUT2D eigenvalue weighted by molar-refractivity contribution is 5.95. The summed E-state index contributed by atoms with van der Waals surface area (Å²) in [5.74, 6) is -0.983. The van der Waals surface area contributed by atoms with E-state index in [9.17, 15) is 10.1 Å². The highest BCUT2D eigenvalue weighted by atomic mass is 16.3. The Morgan fingerprint density at radius 2 is 2.00 bits per heavy atom. The minimum atomic E-state index is -3.02.